The second-order valence-corrected chi connectivity index (χ2v) is 8.36. The van der Waals surface area contributed by atoms with Gasteiger partial charge in [0, 0.05) is 37.2 Å². The first-order chi connectivity index (χ1) is 14.4. The van der Waals surface area contributed by atoms with Gasteiger partial charge in [0.05, 0.1) is 12.4 Å². The number of rotatable bonds is 4. The van der Waals surface area contributed by atoms with E-state index < -0.39 is 13.0 Å². The maximum Gasteiger partial charge on any atom is 0.258 e. The fraction of sp³-hybridized carbons (Fsp3) is 0.429. The van der Waals surface area contributed by atoms with Gasteiger partial charge in [-0.1, -0.05) is 17.7 Å². The summed E-state index contributed by atoms with van der Waals surface area (Å²) in [4.78, 5) is 25.6. The van der Waals surface area contributed by atoms with Crippen molar-refractivity contribution >= 4 is 22.9 Å². The third-order valence-electron chi connectivity index (χ3n) is 6.01. The normalized spacial score (nSPS) is 17.9. The van der Waals surface area contributed by atoms with Crippen molar-refractivity contribution in [2.45, 2.75) is 26.3 Å². The lowest BCUT2D eigenvalue weighted by Crippen LogP contribution is -2.59. The van der Waals surface area contributed by atoms with E-state index in [2.05, 4.69) is 20.0 Å². The van der Waals surface area contributed by atoms with Crippen LogP contribution in [0.5, 0.6) is 0 Å². The fourth-order valence-corrected chi connectivity index (χ4v) is 4.51. The van der Waals surface area contributed by atoms with Crippen molar-refractivity contribution in [3.05, 3.63) is 47.8 Å². The summed E-state index contributed by atoms with van der Waals surface area (Å²) in [6.45, 7) is 4.49. The van der Waals surface area contributed by atoms with Crippen LogP contribution in [0, 0.1) is 12.3 Å². The summed E-state index contributed by atoms with van der Waals surface area (Å²) >= 11 is 0. The van der Waals surface area contributed by atoms with E-state index in [1.54, 1.807) is 6.20 Å². The molecule has 0 N–H and O–H groups in total. The van der Waals surface area contributed by atoms with Gasteiger partial charge in [0.2, 0.25) is 0 Å². The summed E-state index contributed by atoms with van der Waals surface area (Å²) < 4.78 is 26.8. The van der Waals surface area contributed by atoms with Crippen molar-refractivity contribution in [2.24, 2.45) is 5.41 Å². The first-order valence-electron chi connectivity index (χ1n) is 10.0. The molecule has 0 unspecified atom stereocenters. The Labute approximate surface area is 172 Å². The van der Waals surface area contributed by atoms with Crippen molar-refractivity contribution < 1.29 is 13.6 Å². The van der Waals surface area contributed by atoms with Crippen LogP contribution >= 0.6 is 0 Å². The predicted octanol–water partition coefficient (Wildman–Crippen LogP) is 2.75. The first-order valence-corrected chi connectivity index (χ1v) is 10.0. The molecule has 7 nitrogen and oxygen atoms in total. The van der Waals surface area contributed by atoms with E-state index in [1.165, 1.54) is 10.9 Å². The van der Waals surface area contributed by atoms with Crippen molar-refractivity contribution in [1.29, 1.82) is 0 Å². The highest BCUT2D eigenvalue weighted by Crippen LogP contribution is 2.41. The summed E-state index contributed by atoms with van der Waals surface area (Å²) in [5.74, 6) is 0.735. The van der Waals surface area contributed by atoms with Gasteiger partial charge in [0.25, 0.3) is 12.3 Å². The maximum atomic E-state index is 12.8. The molecule has 9 heteroatoms. The molecule has 2 aromatic heterocycles. The Kier molecular flexibility index (Phi) is 4.41. The van der Waals surface area contributed by atoms with E-state index in [0.717, 1.165) is 43.7 Å². The molecular weight excluding hydrogens is 390 g/mol. The smallest absolute Gasteiger partial charge is 0.258 e. The minimum atomic E-state index is -2.50. The molecule has 0 aliphatic carbocycles. The minimum Gasteiger partial charge on any atom is -0.355 e. The molecule has 0 saturated carbocycles. The third kappa shape index (κ3) is 3.28. The van der Waals surface area contributed by atoms with Crippen LogP contribution in [0.3, 0.4) is 0 Å². The molecule has 30 heavy (non-hydrogen) atoms. The molecule has 2 saturated heterocycles. The zero-order valence-corrected chi connectivity index (χ0v) is 16.6. The average molecular weight is 412 g/mol. The van der Waals surface area contributed by atoms with Gasteiger partial charge in [-0.25, -0.2) is 23.4 Å². The maximum absolute atomic E-state index is 12.8. The standard InChI is InChI=1S/C21H22F2N6O/c1-14-3-2-4-15(7-14)20(30)28-12-21(13-28)5-6-27(11-21)18-9-24-16-8-25-29(10-17(22)23)19(16)26-18/h2-4,7-9,17H,5-6,10-13H2,1H3. The minimum absolute atomic E-state index is 0.0549. The highest BCUT2D eigenvalue weighted by Gasteiger charge is 2.49. The highest BCUT2D eigenvalue weighted by molar-refractivity contribution is 5.95. The van der Waals surface area contributed by atoms with E-state index in [0.29, 0.717) is 17.0 Å². The van der Waals surface area contributed by atoms with E-state index in [9.17, 15) is 13.6 Å². The number of amides is 1. The number of carbonyl (C=O) groups excluding carboxylic acids is 1. The van der Waals surface area contributed by atoms with Crippen LogP contribution in [0.4, 0.5) is 14.6 Å². The SMILES string of the molecule is Cc1cccc(C(=O)N2CC3(CCN(c4cnc5cnn(CC(F)F)c5n4)C3)C2)c1. The lowest BCUT2D eigenvalue weighted by molar-refractivity contribution is 0.0167. The lowest BCUT2D eigenvalue weighted by Gasteiger charge is -2.48. The molecule has 0 bridgehead atoms. The van der Waals surface area contributed by atoms with Gasteiger partial charge < -0.3 is 9.80 Å². The van der Waals surface area contributed by atoms with Gasteiger partial charge in [-0.05, 0) is 25.5 Å². The number of carbonyl (C=O) groups is 1. The molecule has 4 heterocycles. The van der Waals surface area contributed by atoms with Crippen LogP contribution in [0.15, 0.2) is 36.7 Å². The molecule has 1 aromatic carbocycles. The summed E-state index contributed by atoms with van der Waals surface area (Å²) in [6, 6.07) is 7.66. The van der Waals surface area contributed by atoms with Gasteiger partial charge in [-0.2, -0.15) is 5.10 Å². The molecule has 5 rings (SSSR count). The number of aromatic nitrogens is 4. The molecule has 2 fully saturated rings. The summed E-state index contributed by atoms with van der Waals surface area (Å²) in [7, 11) is 0. The molecule has 1 spiro atoms. The van der Waals surface area contributed by atoms with Crippen LogP contribution in [-0.2, 0) is 6.54 Å². The quantitative estimate of drug-likeness (QED) is 0.659. The Balaban J connectivity index is 1.28. The molecular formula is C21H22F2N6O. The van der Waals surface area contributed by atoms with Crippen molar-refractivity contribution in [2.75, 3.05) is 31.1 Å². The molecule has 2 aliphatic rings. The zero-order chi connectivity index (χ0) is 20.9. The number of aryl methyl sites for hydroxylation is 1. The van der Waals surface area contributed by atoms with Crippen molar-refractivity contribution in [3.8, 4) is 0 Å². The number of fused-ring (bicyclic) bond motifs is 1. The average Bonchev–Trinajstić information content (AvgIpc) is 3.31. The van der Waals surface area contributed by atoms with Gasteiger partial charge in [0.15, 0.2) is 5.65 Å². The molecule has 0 radical (unpaired) electrons. The van der Waals surface area contributed by atoms with Crippen LogP contribution < -0.4 is 4.90 Å². The summed E-state index contributed by atoms with van der Waals surface area (Å²) in [6.07, 6.45) is 1.59. The lowest BCUT2D eigenvalue weighted by atomic mass is 9.78. The van der Waals surface area contributed by atoms with Crippen LogP contribution in [0.25, 0.3) is 11.2 Å². The first kappa shape index (κ1) is 18.9. The van der Waals surface area contributed by atoms with Gasteiger partial charge in [-0.15, -0.1) is 0 Å². The Hall–Kier alpha value is -3.10. The highest BCUT2D eigenvalue weighted by atomic mass is 19.3. The number of hydrogen-bond acceptors (Lipinski definition) is 5. The van der Waals surface area contributed by atoms with Crippen LogP contribution in [-0.4, -0.2) is 63.2 Å². The topological polar surface area (TPSA) is 67.2 Å². The molecule has 1 amide bonds. The number of anilines is 1. The Morgan fingerprint density at radius 3 is 2.83 bits per heavy atom. The molecule has 2 aliphatic heterocycles. The number of alkyl halides is 2. The van der Waals surface area contributed by atoms with E-state index in [1.807, 2.05) is 36.1 Å². The number of nitrogens with zero attached hydrogens (tertiary/aromatic N) is 6. The fourth-order valence-electron chi connectivity index (χ4n) is 4.51. The largest absolute Gasteiger partial charge is 0.355 e. The number of hydrogen-bond donors (Lipinski definition) is 0. The van der Waals surface area contributed by atoms with Gasteiger partial charge >= 0.3 is 0 Å². The summed E-state index contributed by atoms with van der Waals surface area (Å²) in [5.41, 5.74) is 2.73. The second-order valence-electron chi connectivity index (χ2n) is 8.36. The second kappa shape index (κ2) is 7.00. The number of halogens is 2. The van der Waals surface area contributed by atoms with Crippen LogP contribution in [0.2, 0.25) is 0 Å². The zero-order valence-electron chi connectivity index (χ0n) is 16.6. The van der Waals surface area contributed by atoms with E-state index in [4.69, 9.17) is 0 Å². The van der Waals surface area contributed by atoms with Gasteiger partial charge in [0.1, 0.15) is 17.9 Å². The monoisotopic (exact) mass is 412 g/mol. The summed E-state index contributed by atoms with van der Waals surface area (Å²) in [5, 5.41) is 3.97. The molecule has 0 atom stereocenters. The number of likely N-dealkylation sites (tertiary alicyclic amines) is 1. The Morgan fingerprint density at radius 2 is 2.07 bits per heavy atom. The number of benzene rings is 1. The van der Waals surface area contributed by atoms with Gasteiger partial charge in [-0.3, -0.25) is 4.79 Å². The Morgan fingerprint density at radius 1 is 1.23 bits per heavy atom. The third-order valence-corrected chi connectivity index (χ3v) is 6.01. The van der Waals surface area contributed by atoms with E-state index >= 15 is 0 Å². The van der Waals surface area contributed by atoms with Crippen LogP contribution in [0.1, 0.15) is 22.3 Å². The predicted molar refractivity (Wildman–Crippen MR) is 108 cm³/mol. The Bertz CT molecular complexity index is 1110. The molecule has 156 valence electrons. The van der Waals surface area contributed by atoms with Crippen molar-refractivity contribution in [3.63, 3.8) is 0 Å². The van der Waals surface area contributed by atoms with E-state index in [-0.39, 0.29) is 11.3 Å². The molecule has 3 aromatic rings. The van der Waals surface area contributed by atoms with Crippen molar-refractivity contribution in [1.82, 2.24) is 24.6 Å².